The van der Waals surface area contributed by atoms with E-state index in [0.29, 0.717) is 0 Å². The summed E-state index contributed by atoms with van der Waals surface area (Å²) >= 11 is 0. The Balaban J connectivity index is 0.00000256. The summed E-state index contributed by atoms with van der Waals surface area (Å²) in [5, 5.41) is 0. The van der Waals surface area contributed by atoms with Crippen LogP contribution in [0.3, 0.4) is 0 Å². The first-order valence-electron chi connectivity index (χ1n) is 4.90. The van der Waals surface area contributed by atoms with Gasteiger partial charge in [0.25, 0.3) is 0 Å². The van der Waals surface area contributed by atoms with E-state index in [1.807, 2.05) is 0 Å². The summed E-state index contributed by atoms with van der Waals surface area (Å²) in [5.74, 6) is -1.93. The van der Waals surface area contributed by atoms with Crippen molar-refractivity contribution < 1.29 is 18.3 Å². The molecule has 0 bridgehead atoms. The van der Waals surface area contributed by atoms with Crippen LogP contribution in [-0.4, -0.2) is 12.6 Å². The molecule has 96 valence electrons. The van der Waals surface area contributed by atoms with E-state index in [2.05, 4.69) is 4.74 Å². The summed E-state index contributed by atoms with van der Waals surface area (Å²) in [7, 11) is 0. The smallest absolute Gasteiger partial charge is 0.307 e. The summed E-state index contributed by atoms with van der Waals surface area (Å²) in [5.41, 5.74) is 5.72. The first-order valence-corrected chi connectivity index (χ1v) is 4.90. The molecule has 0 saturated carbocycles. The molecule has 0 saturated heterocycles. The first kappa shape index (κ1) is 15.8. The van der Waals surface area contributed by atoms with E-state index in [4.69, 9.17) is 5.73 Å². The van der Waals surface area contributed by atoms with Crippen LogP contribution in [0.4, 0.5) is 8.78 Å². The van der Waals surface area contributed by atoms with Gasteiger partial charge in [-0.2, -0.15) is 0 Å². The minimum absolute atomic E-state index is 0. The zero-order valence-electron chi connectivity index (χ0n) is 9.28. The van der Waals surface area contributed by atoms with Crippen molar-refractivity contribution in [1.82, 2.24) is 0 Å². The number of nitrogens with two attached hydrogens (primary N) is 1. The van der Waals surface area contributed by atoms with Gasteiger partial charge in [-0.1, -0.05) is 6.07 Å². The Labute approximate surface area is 104 Å². The first-order chi connectivity index (χ1) is 7.54. The van der Waals surface area contributed by atoms with Crippen molar-refractivity contribution in [3.8, 4) is 0 Å². The molecule has 1 rings (SSSR count). The average Bonchev–Trinajstić information content (AvgIpc) is 2.17. The number of carbonyl (C=O) groups excluding carboxylic acids is 1. The minimum atomic E-state index is -0.820. The summed E-state index contributed by atoms with van der Waals surface area (Å²) in [6.45, 7) is 1.92. The van der Waals surface area contributed by atoms with Gasteiger partial charge in [0.15, 0.2) is 0 Å². The third-order valence-corrected chi connectivity index (χ3v) is 2.05. The fraction of sp³-hybridized carbons (Fsp3) is 0.364. The second-order valence-corrected chi connectivity index (χ2v) is 3.28. The number of hydrogen-bond acceptors (Lipinski definition) is 3. The van der Waals surface area contributed by atoms with Crippen molar-refractivity contribution in [1.29, 1.82) is 0 Å². The molecule has 3 nitrogen and oxygen atoms in total. The number of esters is 1. The topological polar surface area (TPSA) is 52.3 Å². The molecular formula is C11H14ClF2NO2. The van der Waals surface area contributed by atoms with Crippen molar-refractivity contribution in [2.75, 3.05) is 6.61 Å². The Hall–Kier alpha value is -1.20. The van der Waals surface area contributed by atoms with E-state index < -0.39 is 23.6 Å². The Morgan fingerprint density at radius 3 is 2.65 bits per heavy atom. The van der Waals surface area contributed by atoms with Gasteiger partial charge in [0.1, 0.15) is 11.6 Å². The van der Waals surface area contributed by atoms with Crippen molar-refractivity contribution >= 4 is 18.4 Å². The van der Waals surface area contributed by atoms with Crippen LogP contribution in [0.15, 0.2) is 18.2 Å². The maximum absolute atomic E-state index is 13.3. The molecule has 17 heavy (non-hydrogen) atoms. The molecule has 0 fully saturated rings. The Morgan fingerprint density at radius 2 is 2.12 bits per heavy atom. The molecule has 0 aromatic heterocycles. The lowest BCUT2D eigenvalue weighted by Crippen LogP contribution is -2.18. The maximum atomic E-state index is 13.3. The summed E-state index contributed by atoms with van der Waals surface area (Å²) in [6, 6.07) is 2.25. The van der Waals surface area contributed by atoms with E-state index in [-0.39, 0.29) is 31.0 Å². The summed E-state index contributed by atoms with van der Waals surface area (Å²) in [4.78, 5) is 11.1. The number of carbonyl (C=O) groups is 1. The van der Waals surface area contributed by atoms with E-state index in [9.17, 15) is 13.6 Å². The van der Waals surface area contributed by atoms with Crippen molar-refractivity contribution in [3.05, 3.63) is 35.4 Å². The van der Waals surface area contributed by atoms with Crippen LogP contribution in [0.2, 0.25) is 0 Å². The normalized spacial score (nSPS) is 11.5. The molecule has 1 unspecified atom stereocenters. The minimum Gasteiger partial charge on any atom is -0.466 e. The van der Waals surface area contributed by atoms with E-state index in [1.54, 1.807) is 6.92 Å². The predicted octanol–water partition coefficient (Wildman–Crippen LogP) is 2.34. The molecular weight excluding hydrogens is 252 g/mol. The highest BCUT2D eigenvalue weighted by Crippen LogP contribution is 2.19. The fourth-order valence-electron chi connectivity index (χ4n) is 1.31. The average molecular weight is 266 g/mol. The highest BCUT2D eigenvalue weighted by Gasteiger charge is 2.16. The van der Waals surface area contributed by atoms with Gasteiger partial charge in [0.05, 0.1) is 13.0 Å². The van der Waals surface area contributed by atoms with Crippen LogP contribution in [0.25, 0.3) is 0 Å². The lowest BCUT2D eigenvalue weighted by molar-refractivity contribution is -0.143. The van der Waals surface area contributed by atoms with Gasteiger partial charge >= 0.3 is 5.97 Å². The van der Waals surface area contributed by atoms with Crippen LogP contribution in [0.5, 0.6) is 0 Å². The zero-order chi connectivity index (χ0) is 12.1. The number of ether oxygens (including phenoxy) is 1. The quantitative estimate of drug-likeness (QED) is 0.850. The molecule has 1 aromatic carbocycles. The fourth-order valence-corrected chi connectivity index (χ4v) is 1.31. The molecule has 6 heteroatoms. The lowest BCUT2D eigenvalue weighted by Gasteiger charge is -2.11. The molecule has 0 amide bonds. The van der Waals surface area contributed by atoms with Crippen LogP contribution in [0.1, 0.15) is 24.9 Å². The van der Waals surface area contributed by atoms with Crippen LogP contribution in [-0.2, 0) is 9.53 Å². The van der Waals surface area contributed by atoms with Crippen LogP contribution in [0, 0.1) is 11.6 Å². The molecule has 1 aromatic rings. The third-order valence-electron chi connectivity index (χ3n) is 2.05. The molecule has 0 aliphatic carbocycles. The summed E-state index contributed by atoms with van der Waals surface area (Å²) in [6.07, 6.45) is -0.129. The van der Waals surface area contributed by atoms with E-state index in [1.165, 1.54) is 6.07 Å². The molecule has 0 heterocycles. The number of benzene rings is 1. The molecule has 0 spiro atoms. The van der Waals surface area contributed by atoms with Gasteiger partial charge in [0, 0.05) is 17.7 Å². The standard InChI is InChI=1S/C11H13F2NO2.ClH/c1-2-16-11(15)6-10(14)8-4-3-7(12)5-9(8)13;/h3-5,10H,2,6,14H2,1H3;1H. The third kappa shape index (κ3) is 4.66. The van der Waals surface area contributed by atoms with Crippen molar-refractivity contribution in [2.45, 2.75) is 19.4 Å². The molecule has 0 aliphatic heterocycles. The van der Waals surface area contributed by atoms with Crippen molar-refractivity contribution in [3.63, 3.8) is 0 Å². The molecule has 0 aliphatic rings. The highest BCUT2D eigenvalue weighted by atomic mass is 35.5. The van der Waals surface area contributed by atoms with Gasteiger partial charge < -0.3 is 10.5 Å². The second kappa shape index (κ2) is 7.19. The maximum Gasteiger partial charge on any atom is 0.307 e. The largest absolute Gasteiger partial charge is 0.466 e. The van der Waals surface area contributed by atoms with Crippen LogP contribution >= 0.6 is 12.4 Å². The van der Waals surface area contributed by atoms with Gasteiger partial charge in [-0.25, -0.2) is 8.78 Å². The van der Waals surface area contributed by atoms with Crippen LogP contribution < -0.4 is 5.73 Å². The SMILES string of the molecule is CCOC(=O)CC(N)c1ccc(F)cc1F.Cl. The Kier molecular flexibility index (Phi) is 6.68. The predicted molar refractivity (Wildman–Crippen MR) is 61.8 cm³/mol. The molecule has 1 atom stereocenters. The summed E-state index contributed by atoms with van der Waals surface area (Å²) < 4.78 is 30.6. The number of hydrogen-bond donors (Lipinski definition) is 1. The molecule has 2 N–H and O–H groups in total. The Bertz CT molecular complexity index is 388. The highest BCUT2D eigenvalue weighted by molar-refractivity contribution is 5.85. The zero-order valence-corrected chi connectivity index (χ0v) is 10.1. The second-order valence-electron chi connectivity index (χ2n) is 3.28. The molecule has 0 radical (unpaired) electrons. The lowest BCUT2D eigenvalue weighted by atomic mass is 10.0. The van der Waals surface area contributed by atoms with Crippen molar-refractivity contribution in [2.24, 2.45) is 5.73 Å². The van der Waals surface area contributed by atoms with Gasteiger partial charge in [-0.3, -0.25) is 4.79 Å². The number of halogens is 3. The Morgan fingerprint density at radius 1 is 1.47 bits per heavy atom. The van der Waals surface area contributed by atoms with Gasteiger partial charge in [-0.05, 0) is 13.0 Å². The monoisotopic (exact) mass is 265 g/mol. The van der Waals surface area contributed by atoms with E-state index >= 15 is 0 Å². The van der Waals surface area contributed by atoms with Gasteiger partial charge in [0.2, 0.25) is 0 Å². The van der Waals surface area contributed by atoms with Gasteiger partial charge in [-0.15, -0.1) is 12.4 Å². The number of rotatable bonds is 4. The van der Waals surface area contributed by atoms with E-state index in [0.717, 1.165) is 12.1 Å².